The van der Waals surface area contributed by atoms with Crippen LogP contribution >= 0.6 is 0 Å². The molecule has 0 heterocycles. The Labute approximate surface area is 109 Å². The summed E-state index contributed by atoms with van der Waals surface area (Å²) in [6, 6.07) is 6.32. The van der Waals surface area contributed by atoms with Crippen LogP contribution in [0.3, 0.4) is 0 Å². The molecule has 5 nitrogen and oxygen atoms in total. The van der Waals surface area contributed by atoms with Gasteiger partial charge in [-0.3, -0.25) is 0 Å². The van der Waals surface area contributed by atoms with Gasteiger partial charge in [0, 0.05) is 38.7 Å². The van der Waals surface area contributed by atoms with Crippen molar-refractivity contribution in [3.05, 3.63) is 23.8 Å². The molecule has 1 aromatic carbocycles. The lowest BCUT2D eigenvalue weighted by atomic mass is 10.1. The summed E-state index contributed by atoms with van der Waals surface area (Å²) in [5.41, 5.74) is 14.3. The molecule has 1 rings (SSSR count). The van der Waals surface area contributed by atoms with E-state index in [4.69, 9.17) is 24.7 Å². The van der Waals surface area contributed by atoms with Crippen LogP contribution in [-0.4, -0.2) is 30.1 Å². The van der Waals surface area contributed by atoms with E-state index in [9.17, 15) is 0 Å². The molecule has 18 heavy (non-hydrogen) atoms. The third-order valence-electron chi connectivity index (χ3n) is 3.09. The van der Waals surface area contributed by atoms with E-state index in [0.29, 0.717) is 0 Å². The van der Waals surface area contributed by atoms with Crippen LogP contribution in [-0.2, 0) is 19.7 Å². The molecule has 0 saturated heterocycles. The average Bonchev–Trinajstić information content (AvgIpc) is 2.38. The first-order valence-corrected chi connectivity index (χ1v) is 7.80. The molecule has 0 aliphatic rings. The predicted molar refractivity (Wildman–Crippen MR) is 75.2 cm³/mol. The summed E-state index contributed by atoms with van der Waals surface area (Å²) in [4.78, 5) is 0. The van der Waals surface area contributed by atoms with E-state index in [1.165, 1.54) is 0 Å². The predicted octanol–water partition coefficient (Wildman–Crippen LogP) is 1.66. The van der Waals surface area contributed by atoms with E-state index < -0.39 is 8.80 Å². The number of rotatable bonds is 7. The van der Waals surface area contributed by atoms with E-state index in [2.05, 4.69) is 0 Å². The number of nitrogen functional groups attached to an aromatic ring is 2. The van der Waals surface area contributed by atoms with Crippen LogP contribution in [0.5, 0.6) is 0 Å². The van der Waals surface area contributed by atoms with Gasteiger partial charge in [0.2, 0.25) is 0 Å². The molecule has 1 aromatic rings. The number of hydrogen-bond donors (Lipinski definition) is 2. The molecule has 0 aliphatic carbocycles. The fourth-order valence-electron chi connectivity index (χ4n) is 1.95. The second-order valence-corrected chi connectivity index (χ2v) is 7.15. The summed E-state index contributed by atoms with van der Waals surface area (Å²) in [6.07, 6.45) is 1.66. The summed E-state index contributed by atoms with van der Waals surface area (Å²) in [5, 5.41) is 0. The van der Waals surface area contributed by atoms with Crippen LogP contribution < -0.4 is 11.5 Å². The first kappa shape index (κ1) is 15.0. The van der Waals surface area contributed by atoms with E-state index >= 15 is 0 Å². The Morgan fingerprint density at radius 1 is 1.00 bits per heavy atom. The minimum Gasteiger partial charge on any atom is -0.398 e. The maximum absolute atomic E-state index is 5.91. The highest BCUT2D eigenvalue weighted by Crippen LogP contribution is 2.23. The number of nitrogens with two attached hydrogens (primary N) is 2. The van der Waals surface area contributed by atoms with Crippen LogP contribution in [0.1, 0.15) is 12.0 Å². The van der Waals surface area contributed by atoms with E-state index in [0.717, 1.165) is 35.8 Å². The Bertz CT molecular complexity index is 355. The first-order chi connectivity index (χ1) is 8.58. The Balaban J connectivity index is 2.61. The Morgan fingerprint density at radius 3 is 1.94 bits per heavy atom. The fraction of sp³-hybridized carbons (Fsp3) is 0.500. The van der Waals surface area contributed by atoms with Crippen LogP contribution in [0, 0.1) is 0 Å². The van der Waals surface area contributed by atoms with Gasteiger partial charge in [-0.1, -0.05) is 6.07 Å². The third-order valence-corrected chi connectivity index (χ3v) is 5.92. The van der Waals surface area contributed by atoms with Gasteiger partial charge in [-0.25, -0.2) is 0 Å². The van der Waals surface area contributed by atoms with Crippen molar-refractivity contribution in [2.24, 2.45) is 0 Å². The summed E-state index contributed by atoms with van der Waals surface area (Å²) in [7, 11) is 2.36. The van der Waals surface area contributed by atoms with Crippen molar-refractivity contribution in [1.82, 2.24) is 0 Å². The van der Waals surface area contributed by atoms with Crippen LogP contribution in [0.25, 0.3) is 0 Å². The molecule has 6 heteroatoms. The molecular formula is C12H22N2O3Si. The van der Waals surface area contributed by atoms with Crippen molar-refractivity contribution in [2.45, 2.75) is 18.9 Å². The van der Waals surface area contributed by atoms with Gasteiger partial charge < -0.3 is 24.7 Å². The maximum Gasteiger partial charge on any atom is 0.500 e. The van der Waals surface area contributed by atoms with Gasteiger partial charge in [0.05, 0.1) is 0 Å². The van der Waals surface area contributed by atoms with Gasteiger partial charge in [-0.15, -0.1) is 0 Å². The Kier molecular flexibility index (Phi) is 5.61. The van der Waals surface area contributed by atoms with Crippen molar-refractivity contribution in [3.8, 4) is 0 Å². The molecule has 0 saturated carbocycles. The summed E-state index contributed by atoms with van der Waals surface area (Å²) < 4.78 is 16.1. The summed E-state index contributed by atoms with van der Waals surface area (Å²) in [5.74, 6) is 0. The number of hydrogen-bond acceptors (Lipinski definition) is 5. The van der Waals surface area contributed by atoms with Gasteiger partial charge >= 0.3 is 8.80 Å². The first-order valence-electron chi connectivity index (χ1n) is 5.87. The smallest absolute Gasteiger partial charge is 0.398 e. The van der Waals surface area contributed by atoms with E-state index in [1.54, 1.807) is 21.3 Å². The molecule has 0 aromatic heterocycles. The zero-order chi connectivity index (χ0) is 13.6. The SMILES string of the molecule is CO[Si](CCCc1c(N)cccc1N)(OC)OC. The molecule has 0 fully saturated rings. The molecule has 102 valence electrons. The number of benzene rings is 1. The topological polar surface area (TPSA) is 79.7 Å². The Morgan fingerprint density at radius 2 is 1.50 bits per heavy atom. The molecule has 4 N–H and O–H groups in total. The highest BCUT2D eigenvalue weighted by atomic mass is 28.4. The normalized spacial score (nSPS) is 11.7. The molecule has 0 atom stereocenters. The molecule has 0 aliphatic heterocycles. The van der Waals surface area contributed by atoms with Gasteiger partial charge in [-0.05, 0) is 30.5 Å². The molecule has 0 unspecified atom stereocenters. The Hall–Kier alpha value is -1.08. The third kappa shape index (κ3) is 3.46. The van der Waals surface area contributed by atoms with Gasteiger partial charge in [0.15, 0.2) is 0 Å². The lowest BCUT2D eigenvalue weighted by Gasteiger charge is -2.24. The second-order valence-electron chi connectivity index (χ2n) is 4.06. The fourth-order valence-corrected chi connectivity index (χ4v) is 3.67. The zero-order valence-corrected chi connectivity index (χ0v) is 12.2. The number of anilines is 2. The zero-order valence-electron chi connectivity index (χ0n) is 11.2. The summed E-state index contributed by atoms with van der Waals surface area (Å²) >= 11 is 0. The van der Waals surface area contributed by atoms with Crippen molar-refractivity contribution in [3.63, 3.8) is 0 Å². The van der Waals surface area contributed by atoms with E-state index in [1.807, 2.05) is 18.2 Å². The highest BCUT2D eigenvalue weighted by Gasteiger charge is 2.36. The standard InChI is InChI=1S/C12H22N2O3Si/c1-15-18(16-2,17-3)9-5-6-10-11(13)7-4-8-12(10)14/h4,7-8H,5-6,9,13-14H2,1-3H3. The monoisotopic (exact) mass is 270 g/mol. The summed E-state index contributed by atoms with van der Waals surface area (Å²) in [6.45, 7) is 0. The molecular weight excluding hydrogens is 248 g/mol. The van der Waals surface area contributed by atoms with Crippen LogP contribution in [0.4, 0.5) is 11.4 Å². The molecule has 0 amide bonds. The minimum absolute atomic E-state index is 0.731. The van der Waals surface area contributed by atoms with Gasteiger partial charge in [0.1, 0.15) is 0 Å². The van der Waals surface area contributed by atoms with Gasteiger partial charge in [0.25, 0.3) is 0 Å². The quantitative estimate of drug-likeness (QED) is 0.582. The largest absolute Gasteiger partial charge is 0.500 e. The highest BCUT2D eigenvalue weighted by molar-refractivity contribution is 6.60. The minimum atomic E-state index is -2.49. The lowest BCUT2D eigenvalue weighted by Crippen LogP contribution is -2.42. The van der Waals surface area contributed by atoms with Gasteiger partial charge in [-0.2, -0.15) is 0 Å². The molecule has 0 spiro atoms. The maximum atomic E-state index is 5.91. The molecule has 0 radical (unpaired) electrons. The van der Waals surface area contributed by atoms with Crippen molar-refractivity contribution in [2.75, 3.05) is 32.8 Å². The van der Waals surface area contributed by atoms with Crippen molar-refractivity contribution >= 4 is 20.2 Å². The van der Waals surface area contributed by atoms with Crippen molar-refractivity contribution < 1.29 is 13.3 Å². The van der Waals surface area contributed by atoms with Crippen molar-refractivity contribution in [1.29, 1.82) is 0 Å². The average molecular weight is 270 g/mol. The van der Waals surface area contributed by atoms with Crippen LogP contribution in [0.2, 0.25) is 6.04 Å². The van der Waals surface area contributed by atoms with Crippen LogP contribution in [0.15, 0.2) is 18.2 Å². The second kappa shape index (κ2) is 6.74. The van der Waals surface area contributed by atoms with E-state index in [-0.39, 0.29) is 0 Å². The lowest BCUT2D eigenvalue weighted by molar-refractivity contribution is 0.123. The molecule has 0 bridgehead atoms.